The Kier molecular flexibility index (Phi) is 4.99. The van der Waals surface area contributed by atoms with Crippen LogP contribution < -0.4 is 14.4 Å². The molecule has 1 N–H and O–H groups in total. The molecule has 7 heteroatoms. The number of aliphatic carboxylic acids is 1. The number of halogens is 1. The molecule has 1 aliphatic rings. The Morgan fingerprint density at radius 1 is 1.15 bits per heavy atom. The van der Waals surface area contributed by atoms with Gasteiger partial charge in [0.2, 0.25) is 0 Å². The monoisotopic (exact) mass is 417 g/mol. The van der Waals surface area contributed by atoms with Crippen molar-refractivity contribution in [3.8, 4) is 11.5 Å². The maximum Gasteiger partial charge on any atom is 0.323 e. The van der Waals surface area contributed by atoms with E-state index in [1.807, 2.05) is 6.07 Å². The van der Waals surface area contributed by atoms with Gasteiger partial charge in [0.1, 0.15) is 6.54 Å². The molecular weight excluding hydrogens is 402 g/mol. The van der Waals surface area contributed by atoms with Crippen molar-refractivity contribution in [2.24, 2.45) is 0 Å². The molecule has 0 bridgehead atoms. The molecule has 0 aliphatic carbocycles. The topological polar surface area (TPSA) is 76.1 Å². The molecule has 2 aromatic carbocycles. The van der Waals surface area contributed by atoms with Crippen molar-refractivity contribution < 1.29 is 24.2 Å². The fourth-order valence-corrected chi connectivity index (χ4v) is 3.23. The summed E-state index contributed by atoms with van der Waals surface area (Å²) in [5.41, 5.74) is 2.43. The molecule has 0 atom stereocenters. The normalized spacial score (nSPS) is 14.5. The summed E-state index contributed by atoms with van der Waals surface area (Å²) in [6.45, 7) is -0.392. The van der Waals surface area contributed by atoms with Gasteiger partial charge in [0.25, 0.3) is 5.91 Å². The first-order valence-corrected chi connectivity index (χ1v) is 8.51. The van der Waals surface area contributed by atoms with E-state index in [2.05, 4.69) is 15.9 Å². The molecule has 2 aromatic rings. The number of carboxylic acid groups (broad SMARTS) is 1. The fourth-order valence-electron chi connectivity index (χ4n) is 2.87. The van der Waals surface area contributed by atoms with Gasteiger partial charge in [-0.3, -0.25) is 14.5 Å². The largest absolute Gasteiger partial charge is 0.493 e. The molecular formula is C19H16BrNO5. The number of carboxylic acids is 1. The molecule has 1 aliphatic heterocycles. The van der Waals surface area contributed by atoms with Crippen LogP contribution in [0.4, 0.5) is 5.69 Å². The van der Waals surface area contributed by atoms with Crippen molar-refractivity contribution in [1.29, 1.82) is 0 Å². The van der Waals surface area contributed by atoms with Crippen molar-refractivity contribution in [3.05, 3.63) is 52.0 Å². The number of carbonyl (C=O) groups excluding carboxylic acids is 1. The van der Waals surface area contributed by atoms with Gasteiger partial charge < -0.3 is 14.6 Å². The molecule has 26 heavy (non-hydrogen) atoms. The molecule has 0 saturated carbocycles. The summed E-state index contributed by atoms with van der Waals surface area (Å²) in [5, 5.41) is 9.12. The van der Waals surface area contributed by atoms with Crippen molar-refractivity contribution in [2.45, 2.75) is 0 Å². The van der Waals surface area contributed by atoms with E-state index in [-0.39, 0.29) is 5.91 Å². The van der Waals surface area contributed by atoms with Crippen molar-refractivity contribution in [1.82, 2.24) is 0 Å². The maximum atomic E-state index is 12.8. The van der Waals surface area contributed by atoms with Crippen LogP contribution in [-0.4, -0.2) is 37.7 Å². The van der Waals surface area contributed by atoms with Gasteiger partial charge in [0.15, 0.2) is 11.5 Å². The first-order chi connectivity index (χ1) is 12.4. The molecule has 0 spiro atoms. The number of carbonyl (C=O) groups is 2. The van der Waals surface area contributed by atoms with Gasteiger partial charge in [-0.2, -0.15) is 0 Å². The summed E-state index contributed by atoms with van der Waals surface area (Å²) in [7, 11) is 3.09. The highest BCUT2D eigenvalue weighted by atomic mass is 79.9. The van der Waals surface area contributed by atoms with Crippen LogP contribution in [-0.2, 0) is 9.59 Å². The van der Waals surface area contributed by atoms with Gasteiger partial charge in [-0.15, -0.1) is 0 Å². The lowest BCUT2D eigenvalue weighted by atomic mass is 10.0. The van der Waals surface area contributed by atoms with E-state index in [0.29, 0.717) is 28.3 Å². The second-order valence-electron chi connectivity index (χ2n) is 5.62. The van der Waals surface area contributed by atoms with Crippen LogP contribution in [0.25, 0.3) is 11.6 Å². The zero-order valence-electron chi connectivity index (χ0n) is 14.2. The smallest absolute Gasteiger partial charge is 0.323 e. The van der Waals surface area contributed by atoms with Crippen LogP contribution in [0, 0.1) is 0 Å². The third-order valence-corrected chi connectivity index (χ3v) is 4.52. The Hall–Kier alpha value is -2.80. The summed E-state index contributed by atoms with van der Waals surface area (Å²) in [4.78, 5) is 25.2. The Bertz CT molecular complexity index is 922. The predicted molar refractivity (Wildman–Crippen MR) is 102 cm³/mol. The number of rotatable bonds is 5. The second kappa shape index (κ2) is 7.21. The predicted octanol–water partition coefficient (Wildman–Crippen LogP) is 3.44. The Morgan fingerprint density at radius 2 is 1.88 bits per heavy atom. The first kappa shape index (κ1) is 18.0. The lowest BCUT2D eigenvalue weighted by molar-refractivity contribution is -0.136. The van der Waals surface area contributed by atoms with E-state index in [1.54, 1.807) is 43.5 Å². The van der Waals surface area contributed by atoms with Crippen LogP contribution in [0.1, 0.15) is 11.1 Å². The van der Waals surface area contributed by atoms with E-state index < -0.39 is 12.5 Å². The standard InChI is InChI=1S/C19H16BrNO5/c1-25-16-6-3-11(8-17(16)26-2)7-14-13-9-12(20)4-5-15(13)21(19(14)24)10-18(22)23/h3-9H,10H2,1-2H3,(H,22,23)/b14-7+. The van der Waals surface area contributed by atoms with Crippen molar-refractivity contribution in [3.63, 3.8) is 0 Å². The third kappa shape index (κ3) is 3.30. The number of amides is 1. The summed E-state index contributed by atoms with van der Waals surface area (Å²) < 4.78 is 11.3. The van der Waals surface area contributed by atoms with Crippen LogP contribution in [0.5, 0.6) is 11.5 Å². The number of methoxy groups -OCH3 is 2. The van der Waals surface area contributed by atoms with E-state index in [1.165, 1.54) is 12.0 Å². The molecule has 1 heterocycles. The molecule has 0 unspecified atom stereocenters. The molecule has 0 radical (unpaired) electrons. The van der Waals surface area contributed by atoms with Gasteiger partial charge in [-0.1, -0.05) is 22.0 Å². The quantitative estimate of drug-likeness (QED) is 0.753. The van der Waals surface area contributed by atoms with Gasteiger partial charge in [-0.05, 0) is 42.0 Å². The molecule has 0 saturated heterocycles. The number of nitrogens with zero attached hydrogens (tertiary/aromatic N) is 1. The van der Waals surface area contributed by atoms with Crippen LogP contribution in [0.15, 0.2) is 40.9 Å². The number of fused-ring (bicyclic) bond motifs is 1. The lowest BCUT2D eigenvalue weighted by Gasteiger charge is -2.13. The zero-order chi connectivity index (χ0) is 18.8. The number of ether oxygens (including phenoxy) is 2. The van der Waals surface area contributed by atoms with Gasteiger partial charge in [0, 0.05) is 15.6 Å². The minimum atomic E-state index is -1.07. The number of hydrogen-bond donors (Lipinski definition) is 1. The fraction of sp³-hybridized carbons (Fsp3) is 0.158. The first-order valence-electron chi connectivity index (χ1n) is 7.72. The Labute approximate surface area is 158 Å². The molecule has 6 nitrogen and oxygen atoms in total. The summed E-state index contributed by atoms with van der Waals surface area (Å²) in [6, 6.07) is 10.6. The van der Waals surface area contributed by atoms with Gasteiger partial charge in [-0.25, -0.2) is 0 Å². The summed E-state index contributed by atoms with van der Waals surface area (Å²) >= 11 is 3.40. The third-order valence-electron chi connectivity index (χ3n) is 4.03. The molecule has 0 fully saturated rings. The van der Waals surface area contributed by atoms with Crippen LogP contribution >= 0.6 is 15.9 Å². The SMILES string of the molecule is COc1ccc(/C=C2/C(=O)N(CC(=O)O)c3ccc(Br)cc32)cc1OC. The highest BCUT2D eigenvalue weighted by molar-refractivity contribution is 9.10. The molecule has 0 aromatic heterocycles. The van der Waals surface area contributed by atoms with Crippen molar-refractivity contribution in [2.75, 3.05) is 25.7 Å². The van der Waals surface area contributed by atoms with Gasteiger partial charge >= 0.3 is 5.97 Å². The summed E-state index contributed by atoms with van der Waals surface area (Å²) in [5.74, 6) is -0.290. The van der Waals surface area contributed by atoms with Crippen molar-refractivity contribution >= 4 is 45.1 Å². The average Bonchev–Trinajstić information content (AvgIpc) is 2.86. The average molecular weight is 418 g/mol. The lowest BCUT2D eigenvalue weighted by Crippen LogP contribution is -2.32. The highest BCUT2D eigenvalue weighted by Crippen LogP contribution is 2.40. The van der Waals surface area contributed by atoms with Gasteiger partial charge in [0.05, 0.1) is 19.9 Å². The second-order valence-corrected chi connectivity index (χ2v) is 6.53. The maximum absolute atomic E-state index is 12.8. The van der Waals surface area contributed by atoms with E-state index in [4.69, 9.17) is 14.6 Å². The van der Waals surface area contributed by atoms with E-state index >= 15 is 0 Å². The van der Waals surface area contributed by atoms with Crippen LogP contribution in [0.2, 0.25) is 0 Å². The number of hydrogen-bond acceptors (Lipinski definition) is 4. The number of benzene rings is 2. The van der Waals surface area contributed by atoms with E-state index in [0.717, 1.165) is 10.0 Å². The minimum absolute atomic E-state index is 0.352. The Morgan fingerprint density at radius 3 is 2.54 bits per heavy atom. The number of anilines is 1. The molecule has 3 rings (SSSR count). The Balaban J connectivity index is 2.10. The van der Waals surface area contributed by atoms with Crippen LogP contribution in [0.3, 0.4) is 0 Å². The molecule has 134 valence electrons. The van der Waals surface area contributed by atoms with E-state index in [9.17, 15) is 9.59 Å². The minimum Gasteiger partial charge on any atom is -0.493 e. The zero-order valence-corrected chi connectivity index (χ0v) is 15.7. The molecule has 1 amide bonds. The highest BCUT2D eigenvalue weighted by Gasteiger charge is 2.33. The summed E-state index contributed by atoms with van der Waals surface area (Å²) in [6.07, 6.45) is 1.72.